The fourth-order valence-electron chi connectivity index (χ4n) is 3.16. The molecule has 7 nitrogen and oxygen atoms in total. The molecule has 29 heavy (non-hydrogen) atoms. The van der Waals surface area contributed by atoms with E-state index >= 15 is 0 Å². The lowest BCUT2D eigenvalue weighted by Gasteiger charge is -2.34. The number of pyridine rings is 1. The Morgan fingerprint density at radius 3 is 2.48 bits per heavy atom. The number of ether oxygens (including phenoxy) is 1. The molecule has 1 aliphatic rings. The number of nitrogens with zero attached hydrogens (tertiary/aromatic N) is 3. The smallest absolute Gasteiger partial charge is 0.412 e. The van der Waals surface area contributed by atoms with Gasteiger partial charge in [-0.1, -0.05) is 12.1 Å². The number of piperazine rings is 1. The lowest BCUT2D eigenvalue weighted by atomic mass is 10.1. The number of nitrogens with one attached hydrogen (secondary N) is 1. The Morgan fingerprint density at radius 1 is 1.07 bits per heavy atom. The summed E-state index contributed by atoms with van der Waals surface area (Å²) in [5.41, 5.74) is 1.55. The Morgan fingerprint density at radius 2 is 1.83 bits per heavy atom. The summed E-state index contributed by atoms with van der Waals surface area (Å²) in [6.07, 6.45) is 1.26. The van der Waals surface area contributed by atoms with Crippen LogP contribution in [0.1, 0.15) is 36.8 Å². The molecule has 0 bridgehead atoms. The van der Waals surface area contributed by atoms with Gasteiger partial charge in [-0.2, -0.15) is 0 Å². The van der Waals surface area contributed by atoms with Gasteiger partial charge < -0.3 is 9.64 Å². The first kappa shape index (κ1) is 20.8. The van der Waals surface area contributed by atoms with E-state index in [0.29, 0.717) is 24.3 Å². The highest BCUT2D eigenvalue weighted by atomic mass is 16.6. The molecule has 154 valence electrons. The molecule has 2 heterocycles. The third-order valence-corrected chi connectivity index (χ3v) is 4.53. The Bertz CT molecular complexity index is 841. The van der Waals surface area contributed by atoms with E-state index in [9.17, 15) is 9.59 Å². The Kier molecular flexibility index (Phi) is 6.49. The number of carbonyl (C=O) groups is 2. The molecule has 1 aromatic carbocycles. The minimum Gasteiger partial charge on any atom is -0.444 e. The van der Waals surface area contributed by atoms with E-state index in [-0.39, 0.29) is 5.91 Å². The van der Waals surface area contributed by atoms with Crippen molar-refractivity contribution in [2.24, 2.45) is 0 Å². The molecule has 2 amide bonds. The Balaban J connectivity index is 1.55. The molecule has 7 heteroatoms. The van der Waals surface area contributed by atoms with Crippen molar-refractivity contribution in [1.29, 1.82) is 0 Å². The first-order valence-electron chi connectivity index (χ1n) is 9.82. The molecule has 1 fully saturated rings. The molecule has 2 aromatic rings. The summed E-state index contributed by atoms with van der Waals surface area (Å²) in [6.45, 7) is 9.14. The average Bonchev–Trinajstić information content (AvgIpc) is 2.67. The van der Waals surface area contributed by atoms with Crippen LogP contribution in [0, 0.1) is 0 Å². The fraction of sp³-hybridized carbons (Fsp3) is 0.409. The van der Waals surface area contributed by atoms with Crippen molar-refractivity contribution < 1.29 is 14.3 Å². The third-order valence-electron chi connectivity index (χ3n) is 4.53. The predicted octanol–water partition coefficient (Wildman–Crippen LogP) is 3.39. The maximum Gasteiger partial charge on any atom is 0.412 e. The van der Waals surface area contributed by atoms with Gasteiger partial charge in [0.1, 0.15) is 5.60 Å². The van der Waals surface area contributed by atoms with Crippen LogP contribution in [0.3, 0.4) is 0 Å². The van der Waals surface area contributed by atoms with Crippen LogP contribution in [0.2, 0.25) is 0 Å². The second-order valence-electron chi connectivity index (χ2n) is 8.10. The van der Waals surface area contributed by atoms with Crippen LogP contribution in [0.15, 0.2) is 48.7 Å². The van der Waals surface area contributed by atoms with E-state index in [4.69, 9.17) is 4.74 Å². The number of amides is 2. The van der Waals surface area contributed by atoms with Crippen molar-refractivity contribution >= 4 is 17.7 Å². The molecule has 1 N–H and O–H groups in total. The number of carbonyl (C=O) groups excluding carboxylic acids is 2. The molecule has 0 saturated carbocycles. The summed E-state index contributed by atoms with van der Waals surface area (Å²) in [5.74, 6) is -0.0321. The van der Waals surface area contributed by atoms with E-state index in [1.807, 2.05) is 23.1 Å². The van der Waals surface area contributed by atoms with Gasteiger partial charge in [-0.05, 0) is 51.1 Å². The second-order valence-corrected chi connectivity index (χ2v) is 8.10. The van der Waals surface area contributed by atoms with Gasteiger partial charge in [0.05, 0.1) is 5.69 Å². The maximum atomic E-state index is 12.9. The van der Waals surface area contributed by atoms with Crippen LogP contribution in [-0.2, 0) is 11.3 Å². The van der Waals surface area contributed by atoms with Gasteiger partial charge >= 0.3 is 6.09 Å². The average molecular weight is 396 g/mol. The van der Waals surface area contributed by atoms with Crippen LogP contribution in [0.5, 0.6) is 0 Å². The molecule has 1 aromatic heterocycles. The first-order valence-corrected chi connectivity index (χ1v) is 9.82. The molecular weight excluding hydrogens is 368 g/mol. The summed E-state index contributed by atoms with van der Waals surface area (Å²) in [4.78, 5) is 33.4. The van der Waals surface area contributed by atoms with E-state index < -0.39 is 11.7 Å². The first-order chi connectivity index (χ1) is 13.8. The van der Waals surface area contributed by atoms with Gasteiger partial charge in [-0.25, -0.2) is 4.79 Å². The monoisotopic (exact) mass is 396 g/mol. The lowest BCUT2D eigenvalue weighted by molar-refractivity contribution is 0.0619. The molecule has 1 saturated heterocycles. The quantitative estimate of drug-likeness (QED) is 0.857. The summed E-state index contributed by atoms with van der Waals surface area (Å²) < 4.78 is 5.26. The molecule has 0 atom stereocenters. The molecule has 1 aliphatic heterocycles. The highest BCUT2D eigenvalue weighted by molar-refractivity contribution is 5.96. The van der Waals surface area contributed by atoms with Gasteiger partial charge in [-0.3, -0.25) is 20.0 Å². The zero-order valence-electron chi connectivity index (χ0n) is 17.2. The highest BCUT2D eigenvalue weighted by Gasteiger charge is 2.23. The molecule has 3 rings (SSSR count). The number of benzene rings is 1. The van der Waals surface area contributed by atoms with E-state index in [0.717, 1.165) is 25.3 Å². The zero-order valence-corrected chi connectivity index (χ0v) is 17.2. The number of rotatable bonds is 4. The zero-order chi connectivity index (χ0) is 20.9. The maximum absolute atomic E-state index is 12.9. The minimum absolute atomic E-state index is 0.0321. The molecule has 0 spiro atoms. The van der Waals surface area contributed by atoms with Gasteiger partial charge in [0.2, 0.25) is 0 Å². The number of hydrogen-bond acceptors (Lipinski definition) is 5. The van der Waals surface area contributed by atoms with Crippen molar-refractivity contribution in [3.05, 3.63) is 59.9 Å². The van der Waals surface area contributed by atoms with E-state index in [1.54, 1.807) is 51.2 Å². The van der Waals surface area contributed by atoms with Gasteiger partial charge in [0, 0.05) is 50.2 Å². The van der Waals surface area contributed by atoms with Crippen molar-refractivity contribution in [3.8, 4) is 0 Å². The number of aromatic nitrogens is 1. The number of hydrogen-bond donors (Lipinski definition) is 1. The Labute approximate surface area is 171 Å². The second kappa shape index (κ2) is 9.05. The van der Waals surface area contributed by atoms with Crippen LogP contribution in [-0.4, -0.2) is 58.6 Å². The third kappa shape index (κ3) is 6.29. The van der Waals surface area contributed by atoms with Crippen LogP contribution >= 0.6 is 0 Å². The van der Waals surface area contributed by atoms with Crippen LogP contribution in [0.25, 0.3) is 0 Å². The SMILES string of the molecule is CC(C)(C)OC(=O)Nc1cccc(C(=O)N2CCN(Cc3ccccn3)CC2)c1. The standard InChI is InChI=1S/C22H28N4O3/c1-22(2,3)29-21(28)24-18-9-6-7-17(15-18)20(27)26-13-11-25(12-14-26)16-19-8-4-5-10-23-19/h4-10,15H,11-14,16H2,1-3H3,(H,24,28). The summed E-state index contributed by atoms with van der Waals surface area (Å²) in [7, 11) is 0. The van der Waals surface area contributed by atoms with Gasteiger partial charge in [0.25, 0.3) is 5.91 Å². The van der Waals surface area contributed by atoms with Crippen molar-refractivity contribution in [2.75, 3.05) is 31.5 Å². The van der Waals surface area contributed by atoms with Crippen LogP contribution in [0.4, 0.5) is 10.5 Å². The number of anilines is 1. The molecule has 0 aliphatic carbocycles. The molecule has 0 unspecified atom stereocenters. The van der Waals surface area contributed by atoms with E-state index in [1.165, 1.54) is 0 Å². The topological polar surface area (TPSA) is 74.8 Å². The molecule has 0 radical (unpaired) electrons. The van der Waals surface area contributed by atoms with Crippen LogP contribution < -0.4 is 5.32 Å². The minimum atomic E-state index is -0.577. The predicted molar refractivity (Wildman–Crippen MR) is 112 cm³/mol. The van der Waals surface area contributed by atoms with Crippen molar-refractivity contribution in [1.82, 2.24) is 14.8 Å². The normalized spacial score (nSPS) is 15.1. The largest absolute Gasteiger partial charge is 0.444 e. The summed E-state index contributed by atoms with van der Waals surface area (Å²) in [5, 5.41) is 2.68. The summed E-state index contributed by atoms with van der Waals surface area (Å²) >= 11 is 0. The highest BCUT2D eigenvalue weighted by Crippen LogP contribution is 2.16. The molecular formula is C22H28N4O3. The fourth-order valence-corrected chi connectivity index (χ4v) is 3.16. The lowest BCUT2D eigenvalue weighted by Crippen LogP contribution is -2.48. The van der Waals surface area contributed by atoms with Gasteiger partial charge in [0.15, 0.2) is 0 Å². The van der Waals surface area contributed by atoms with Gasteiger partial charge in [-0.15, -0.1) is 0 Å². The van der Waals surface area contributed by atoms with Crippen molar-refractivity contribution in [3.63, 3.8) is 0 Å². The van der Waals surface area contributed by atoms with Crippen molar-refractivity contribution in [2.45, 2.75) is 32.9 Å². The van der Waals surface area contributed by atoms with E-state index in [2.05, 4.69) is 15.2 Å². The Hall–Kier alpha value is -2.93. The summed E-state index contributed by atoms with van der Waals surface area (Å²) in [6, 6.07) is 12.9.